The van der Waals surface area contributed by atoms with Gasteiger partial charge in [0.25, 0.3) is 6.47 Å². The molecule has 8 heteroatoms. The summed E-state index contributed by atoms with van der Waals surface area (Å²) in [5.41, 5.74) is 4.79. The molecule has 58 valence electrons. The van der Waals surface area contributed by atoms with Gasteiger partial charge in [-0.3, -0.25) is 9.59 Å². The first-order chi connectivity index (χ1) is 5.21. The molecule has 11 heavy (non-hydrogen) atoms. The van der Waals surface area contributed by atoms with Crippen LogP contribution in [0.1, 0.15) is 0 Å². The van der Waals surface area contributed by atoms with Crippen LogP contribution >= 0.6 is 0 Å². The fraction of sp³-hybridized carbons (Fsp3) is 0.333. The van der Waals surface area contributed by atoms with E-state index >= 15 is 0 Å². The smallest absolute Gasteiger partial charge is 0.408 e. The normalized spacial score (nSPS) is 18.2. The number of carbonyl (C=O) groups excluding carboxylic acids is 2. The lowest BCUT2D eigenvalue weighted by atomic mass is 10.4. The molecule has 1 heterocycles. The number of nitrogens with zero attached hydrogens (tertiary/aromatic N) is 4. The minimum atomic E-state index is -2.07. The van der Waals surface area contributed by atoms with Gasteiger partial charge in [-0.25, -0.2) is 0 Å². The van der Waals surface area contributed by atoms with Crippen LogP contribution in [0.15, 0.2) is 20.7 Å². The van der Waals surface area contributed by atoms with Gasteiger partial charge in [-0.2, -0.15) is 0 Å². The highest BCUT2D eigenvalue weighted by molar-refractivity contribution is 5.83. The molecule has 0 radical (unpaired) electrons. The number of nitrogens with two attached hydrogens (primary N) is 1. The maximum absolute atomic E-state index is 10.5. The summed E-state index contributed by atoms with van der Waals surface area (Å²) in [6.07, 6.45) is 0. The average molecular weight is 157 g/mol. The van der Waals surface area contributed by atoms with Gasteiger partial charge in [0.1, 0.15) is 0 Å². The van der Waals surface area contributed by atoms with Crippen molar-refractivity contribution in [3.8, 4) is 0 Å². The van der Waals surface area contributed by atoms with Crippen LogP contribution in [0.2, 0.25) is 0 Å². The van der Waals surface area contributed by atoms with Crippen molar-refractivity contribution in [1.29, 1.82) is 0 Å². The fourth-order valence-electron chi connectivity index (χ4n) is 0.452. The molecular weight excluding hydrogens is 154 g/mol. The number of rotatable bonds is 3. The van der Waals surface area contributed by atoms with Gasteiger partial charge in [-0.05, 0) is 10.4 Å². The summed E-state index contributed by atoms with van der Waals surface area (Å²) in [7, 11) is 0. The van der Waals surface area contributed by atoms with Crippen LogP contribution in [0, 0.1) is 0 Å². The Kier molecular flexibility index (Phi) is 1.58. The van der Waals surface area contributed by atoms with Crippen molar-refractivity contribution in [1.82, 2.24) is 0 Å². The lowest BCUT2D eigenvalue weighted by Crippen LogP contribution is -2.41. The SMILES string of the molecule is NC(=O)C1(OC=O)N=NN=N1. The van der Waals surface area contributed by atoms with E-state index in [1.54, 1.807) is 0 Å². The van der Waals surface area contributed by atoms with Crippen LogP contribution in [0.5, 0.6) is 0 Å². The fourth-order valence-corrected chi connectivity index (χ4v) is 0.452. The Balaban J connectivity index is 2.89. The van der Waals surface area contributed by atoms with Crippen molar-refractivity contribution >= 4 is 12.4 Å². The number of hydrogen-bond acceptors (Lipinski definition) is 7. The number of hydrogen-bond donors (Lipinski definition) is 1. The minimum absolute atomic E-state index is 0.00583. The molecule has 0 bridgehead atoms. The highest BCUT2D eigenvalue weighted by atomic mass is 16.6. The molecule has 2 N–H and O–H groups in total. The topological polar surface area (TPSA) is 119 Å². The number of ether oxygens (including phenoxy) is 1. The van der Waals surface area contributed by atoms with Gasteiger partial charge in [0, 0.05) is 0 Å². The van der Waals surface area contributed by atoms with Crippen molar-refractivity contribution in [2.24, 2.45) is 26.4 Å². The second-order valence-corrected chi connectivity index (χ2v) is 1.57. The van der Waals surface area contributed by atoms with Crippen molar-refractivity contribution in [2.75, 3.05) is 0 Å². The molecule has 1 aliphatic heterocycles. The Morgan fingerprint density at radius 3 is 2.36 bits per heavy atom. The van der Waals surface area contributed by atoms with Crippen molar-refractivity contribution in [2.45, 2.75) is 5.85 Å². The highest BCUT2D eigenvalue weighted by Gasteiger charge is 2.42. The maximum Gasteiger partial charge on any atom is 0.421 e. The summed E-state index contributed by atoms with van der Waals surface area (Å²) in [4.78, 5) is 20.4. The van der Waals surface area contributed by atoms with Crippen molar-refractivity contribution in [3.63, 3.8) is 0 Å². The van der Waals surface area contributed by atoms with E-state index in [2.05, 4.69) is 25.4 Å². The molecule has 1 amide bonds. The Labute approximate surface area is 60.1 Å². The molecule has 8 nitrogen and oxygen atoms in total. The average Bonchev–Trinajstić information content (AvgIpc) is 2.38. The Morgan fingerprint density at radius 2 is 2.00 bits per heavy atom. The predicted octanol–water partition coefficient (Wildman–Crippen LogP) is -0.869. The summed E-state index contributed by atoms with van der Waals surface area (Å²) in [6, 6.07) is 0. The van der Waals surface area contributed by atoms with Gasteiger partial charge < -0.3 is 10.5 Å². The molecule has 0 fully saturated rings. The molecule has 0 saturated heterocycles. The van der Waals surface area contributed by atoms with E-state index in [0.717, 1.165) is 0 Å². The largest absolute Gasteiger partial charge is 0.421 e. The van der Waals surface area contributed by atoms with E-state index in [1.807, 2.05) is 0 Å². The van der Waals surface area contributed by atoms with Gasteiger partial charge >= 0.3 is 11.8 Å². The van der Waals surface area contributed by atoms with Crippen LogP contribution in [0.3, 0.4) is 0 Å². The third-order valence-corrected chi connectivity index (χ3v) is 0.934. The van der Waals surface area contributed by atoms with E-state index in [1.165, 1.54) is 0 Å². The second kappa shape index (κ2) is 2.40. The van der Waals surface area contributed by atoms with Crippen molar-refractivity contribution < 1.29 is 14.3 Å². The minimum Gasteiger partial charge on any atom is -0.408 e. The van der Waals surface area contributed by atoms with Crippen molar-refractivity contribution in [3.05, 3.63) is 0 Å². The Hall–Kier alpha value is -1.86. The number of primary amides is 1. The number of amides is 1. The highest BCUT2D eigenvalue weighted by Crippen LogP contribution is 2.19. The lowest BCUT2D eigenvalue weighted by Gasteiger charge is -2.10. The molecule has 0 aromatic heterocycles. The van der Waals surface area contributed by atoms with E-state index < -0.39 is 11.8 Å². The first kappa shape index (κ1) is 7.25. The molecule has 0 aromatic carbocycles. The molecular formula is C3H3N5O3. The van der Waals surface area contributed by atoms with Gasteiger partial charge in [0.15, 0.2) is 0 Å². The zero-order chi connectivity index (χ0) is 8.32. The molecule has 1 aliphatic rings. The van der Waals surface area contributed by atoms with Crippen LogP contribution in [0.25, 0.3) is 0 Å². The summed E-state index contributed by atoms with van der Waals surface area (Å²) < 4.78 is 4.18. The Bertz CT molecular complexity index is 233. The molecule has 0 unspecified atom stereocenters. The number of carbonyl (C=O) groups is 2. The molecule has 0 aromatic rings. The molecule has 0 aliphatic carbocycles. The summed E-state index contributed by atoms with van der Waals surface area (Å²) >= 11 is 0. The molecule has 0 atom stereocenters. The molecule has 0 spiro atoms. The lowest BCUT2D eigenvalue weighted by molar-refractivity contribution is -0.154. The van der Waals surface area contributed by atoms with E-state index in [0.29, 0.717) is 0 Å². The second-order valence-electron chi connectivity index (χ2n) is 1.57. The van der Waals surface area contributed by atoms with Crippen LogP contribution in [-0.4, -0.2) is 18.2 Å². The first-order valence-corrected chi connectivity index (χ1v) is 2.47. The summed E-state index contributed by atoms with van der Waals surface area (Å²) in [5.74, 6) is -3.11. The predicted molar refractivity (Wildman–Crippen MR) is 28.8 cm³/mol. The third kappa shape index (κ3) is 1.04. The molecule has 0 saturated carbocycles. The third-order valence-electron chi connectivity index (χ3n) is 0.934. The zero-order valence-electron chi connectivity index (χ0n) is 5.17. The van der Waals surface area contributed by atoms with Gasteiger partial charge in [-0.15, -0.1) is 0 Å². The van der Waals surface area contributed by atoms with Crippen LogP contribution in [0.4, 0.5) is 0 Å². The van der Waals surface area contributed by atoms with E-state index in [9.17, 15) is 9.59 Å². The monoisotopic (exact) mass is 157 g/mol. The first-order valence-electron chi connectivity index (χ1n) is 2.47. The Morgan fingerprint density at radius 1 is 1.45 bits per heavy atom. The standard InChI is InChI=1S/C3H3N5O3/c4-2(10)3(11-1-9)5-7-8-6-3/h1H,(H2,4,10). The van der Waals surface area contributed by atoms with E-state index in [-0.39, 0.29) is 6.47 Å². The van der Waals surface area contributed by atoms with Gasteiger partial charge in [0.05, 0.1) is 0 Å². The van der Waals surface area contributed by atoms with Gasteiger partial charge in [-0.1, -0.05) is 10.2 Å². The summed E-state index contributed by atoms with van der Waals surface area (Å²) in [6.45, 7) is -0.00583. The quantitative estimate of drug-likeness (QED) is 0.536. The van der Waals surface area contributed by atoms with E-state index in [4.69, 9.17) is 5.73 Å². The maximum atomic E-state index is 10.5. The molecule has 1 rings (SSSR count). The summed E-state index contributed by atoms with van der Waals surface area (Å²) in [5, 5.41) is 12.2. The van der Waals surface area contributed by atoms with Gasteiger partial charge in [0.2, 0.25) is 0 Å². The van der Waals surface area contributed by atoms with Crippen LogP contribution in [-0.2, 0) is 14.3 Å². The van der Waals surface area contributed by atoms with Crippen LogP contribution < -0.4 is 5.73 Å². The zero-order valence-corrected chi connectivity index (χ0v) is 5.17.